The van der Waals surface area contributed by atoms with Crippen molar-refractivity contribution in [3.05, 3.63) is 23.8 Å². The second kappa shape index (κ2) is 7.21. The van der Waals surface area contributed by atoms with E-state index in [2.05, 4.69) is 11.6 Å². The van der Waals surface area contributed by atoms with Gasteiger partial charge >= 0.3 is 0 Å². The summed E-state index contributed by atoms with van der Waals surface area (Å²) in [5, 5.41) is 0. The normalized spacial score (nSPS) is 28.7. The van der Waals surface area contributed by atoms with E-state index < -0.39 is 10.0 Å². The first-order valence-electron chi connectivity index (χ1n) is 10.3. The molecule has 2 saturated carbocycles. The van der Waals surface area contributed by atoms with Crippen LogP contribution in [0.25, 0.3) is 0 Å². The van der Waals surface area contributed by atoms with Gasteiger partial charge in [0.15, 0.2) is 0 Å². The summed E-state index contributed by atoms with van der Waals surface area (Å²) in [6.07, 6.45) is 8.06. The lowest BCUT2D eigenvalue weighted by atomic mass is 9.84. The first-order valence-corrected chi connectivity index (χ1v) is 11.8. The highest BCUT2D eigenvalue weighted by molar-refractivity contribution is 7.89. The first kappa shape index (κ1) is 18.9. The molecule has 27 heavy (non-hydrogen) atoms. The second-order valence-electron chi connectivity index (χ2n) is 8.67. The number of nitrogens with one attached hydrogen (secondary N) is 1. The Bertz CT molecular complexity index is 832. The molecule has 6 heteroatoms. The summed E-state index contributed by atoms with van der Waals surface area (Å²) in [7, 11) is -3.53. The number of hydrogen-bond donors (Lipinski definition) is 1. The molecule has 1 amide bonds. The molecule has 2 fully saturated rings. The highest BCUT2D eigenvalue weighted by Gasteiger charge is 2.37. The molecule has 1 heterocycles. The number of carbonyl (C=O) groups excluding carboxylic acids is 1. The zero-order chi connectivity index (χ0) is 19.2. The smallest absolute Gasteiger partial charge is 0.240 e. The molecule has 3 atom stereocenters. The highest BCUT2D eigenvalue weighted by Crippen LogP contribution is 2.38. The fourth-order valence-electron chi connectivity index (χ4n) is 4.72. The number of sulfonamides is 1. The van der Waals surface area contributed by atoms with Crippen molar-refractivity contribution in [2.24, 2.45) is 11.8 Å². The highest BCUT2D eigenvalue weighted by atomic mass is 32.2. The molecular weight excluding hydrogens is 360 g/mol. The Kier molecular flexibility index (Phi) is 5.06. The first-order chi connectivity index (χ1) is 12.9. The third kappa shape index (κ3) is 3.54. The van der Waals surface area contributed by atoms with Gasteiger partial charge in [0.1, 0.15) is 0 Å². The number of fused-ring (bicyclic) bond motifs is 1. The van der Waals surface area contributed by atoms with Crippen molar-refractivity contribution in [3.63, 3.8) is 0 Å². The van der Waals surface area contributed by atoms with Gasteiger partial charge in [-0.3, -0.25) is 4.79 Å². The number of amides is 1. The molecule has 0 spiro atoms. The molecule has 5 nitrogen and oxygen atoms in total. The van der Waals surface area contributed by atoms with Gasteiger partial charge in [-0.05, 0) is 68.7 Å². The molecule has 0 radical (unpaired) electrons. The largest absolute Gasteiger partial charge is 0.309 e. The Morgan fingerprint density at radius 3 is 2.48 bits per heavy atom. The molecule has 4 rings (SSSR count). The summed E-state index contributed by atoms with van der Waals surface area (Å²) in [5.41, 5.74) is 1.86. The summed E-state index contributed by atoms with van der Waals surface area (Å²) >= 11 is 0. The summed E-state index contributed by atoms with van der Waals surface area (Å²) in [5.74, 6) is 0.729. The molecule has 1 aromatic rings. The van der Waals surface area contributed by atoms with Gasteiger partial charge in [-0.25, -0.2) is 13.1 Å². The summed E-state index contributed by atoms with van der Waals surface area (Å²) < 4.78 is 28.8. The van der Waals surface area contributed by atoms with Crippen molar-refractivity contribution in [3.8, 4) is 0 Å². The lowest BCUT2D eigenvalue weighted by Crippen LogP contribution is -2.42. The van der Waals surface area contributed by atoms with Crippen LogP contribution in [0.2, 0.25) is 0 Å². The van der Waals surface area contributed by atoms with E-state index in [0.717, 1.165) is 56.2 Å². The molecule has 148 valence electrons. The SMILES string of the molecule is C[C@@H]1CCCC[C@H]1NS(=O)(=O)c1ccc2c(c1)C[C@H](C)N2C(=O)C1CCC1. The van der Waals surface area contributed by atoms with Crippen LogP contribution in [0.5, 0.6) is 0 Å². The Morgan fingerprint density at radius 2 is 1.81 bits per heavy atom. The Labute approximate surface area is 162 Å². The monoisotopic (exact) mass is 390 g/mol. The van der Waals surface area contributed by atoms with Crippen molar-refractivity contribution in [1.29, 1.82) is 0 Å². The lowest BCUT2D eigenvalue weighted by Gasteiger charge is -2.32. The van der Waals surface area contributed by atoms with Crippen LogP contribution in [0.3, 0.4) is 0 Å². The average molecular weight is 391 g/mol. The van der Waals surface area contributed by atoms with Crippen LogP contribution in [0.1, 0.15) is 64.4 Å². The van der Waals surface area contributed by atoms with Crippen molar-refractivity contribution in [2.75, 3.05) is 4.90 Å². The van der Waals surface area contributed by atoms with Gasteiger partial charge in [-0.2, -0.15) is 0 Å². The van der Waals surface area contributed by atoms with Crippen LogP contribution < -0.4 is 9.62 Å². The summed E-state index contributed by atoms with van der Waals surface area (Å²) in [6, 6.07) is 5.38. The van der Waals surface area contributed by atoms with Crippen molar-refractivity contribution in [2.45, 2.75) is 82.2 Å². The van der Waals surface area contributed by atoms with E-state index in [1.165, 1.54) is 6.42 Å². The molecule has 0 unspecified atom stereocenters. The molecule has 0 aromatic heterocycles. The topological polar surface area (TPSA) is 66.5 Å². The minimum absolute atomic E-state index is 0.0209. The zero-order valence-electron chi connectivity index (χ0n) is 16.3. The Morgan fingerprint density at radius 1 is 1.07 bits per heavy atom. The molecule has 1 N–H and O–H groups in total. The van der Waals surface area contributed by atoms with Gasteiger partial charge in [0.25, 0.3) is 0 Å². The lowest BCUT2D eigenvalue weighted by molar-refractivity contribution is -0.125. The molecule has 2 aliphatic carbocycles. The number of rotatable bonds is 4. The van der Waals surface area contributed by atoms with Crippen LogP contribution in [0.4, 0.5) is 5.69 Å². The maximum Gasteiger partial charge on any atom is 0.240 e. The molecule has 0 saturated heterocycles. The van der Waals surface area contributed by atoms with Gasteiger partial charge in [0.2, 0.25) is 15.9 Å². The minimum Gasteiger partial charge on any atom is -0.309 e. The number of carbonyl (C=O) groups is 1. The van der Waals surface area contributed by atoms with Crippen LogP contribution in [-0.4, -0.2) is 26.4 Å². The molecule has 1 aromatic carbocycles. The van der Waals surface area contributed by atoms with Crippen molar-refractivity contribution < 1.29 is 13.2 Å². The van der Waals surface area contributed by atoms with Crippen molar-refractivity contribution >= 4 is 21.6 Å². The van der Waals surface area contributed by atoms with Crippen LogP contribution in [-0.2, 0) is 21.2 Å². The van der Waals surface area contributed by atoms with Crippen LogP contribution in [0, 0.1) is 11.8 Å². The Hall–Kier alpha value is -1.40. The fraction of sp³-hybridized carbons (Fsp3) is 0.667. The van der Waals surface area contributed by atoms with E-state index in [1.807, 2.05) is 17.9 Å². The van der Waals surface area contributed by atoms with E-state index in [1.54, 1.807) is 12.1 Å². The minimum atomic E-state index is -3.53. The van der Waals surface area contributed by atoms with Gasteiger partial charge < -0.3 is 4.90 Å². The maximum absolute atomic E-state index is 12.9. The van der Waals surface area contributed by atoms with E-state index in [9.17, 15) is 13.2 Å². The maximum atomic E-state index is 12.9. The quantitative estimate of drug-likeness (QED) is 0.854. The third-order valence-corrected chi connectivity index (χ3v) is 8.17. The van der Waals surface area contributed by atoms with Gasteiger partial charge in [-0.15, -0.1) is 0 Å². The van der Waals surface area contributed by atoms with E-state index >= 15 is 0 Å². The number of benzene rings is 1. The summed E-state index contributed by atoms with van der Waals surface area (Å²) in [6.45, 7) is 4.17. The number of anilines is 1. The third-order valence-electron chi connectivity index (χ3n) is 6.69. The number of hydrogen-bond acceptors (Lipinski definition) is 3. The predicted octanol–water partition coefficient (Wildman–Crippen LogP) is 3.62. The van der Waals surface area contributed by atoms with E-state index in [4.69, 9.17) is 0 Å². The zero-order valence-corrected chi connectivity index (χ0v) is 17.1. The molecule has 0 bridgehead atoms. The van der Waals surface area contributed by atoms with Crippen LogP contribution >= 0.6 is 0 Å². The Balaban J connectivity index is 1.56. The van der Waals surface area contributed by atoms with Gasteiger partial charge in [0.05, 0.1) is 4.90 Å². The van der Waals surface area contributed by atoms with Gasteiger partial charge in [0, 0.05) is 23.7 Å². The predicted molar refractivity (Wildman–Crippen MR) is 106 cm³/mol. The van der Waals surface area contributed by atoms with Crippen LogP contribution in [0.15, 0.2) is 23.1 Å². The second-order valence-corrected chi connectivity index (χ2v) is 10.4. The van der Waals surface area contributed by atoms with E-state index in [-0.39, 0.29) is 23.9 Å². The summed E-state index contributed by atoms with van der Waals surface area (Å²) in [4.78, 5) is 15.0. The molecule has 3 aliphatic rings. The van der Waals surface area contributed by atoms with E-state index in [0.29, 0.717) is 10.8 Å². The van der Waals surface area contributed by atoms with Crippen molar-refractivity contribution in [1.82, 2.24) is 4.72 Å². The fourth-order valence-corrected chi connectivity index (χ4v) is 6.15. The van der Waals surface area contributed by atoms with Gasteiger partial charge in [-0.1, -0.05) is 26.2 Å². The molecular formula is C21H30N2O3S. The standard InChI is InChI=1S/C21H30N2O3S/c1-14-6-3-4-9-19(14)22-27(25,26)18-10-11-20-17(13-18)12-15(2)23(20)21(24)16-7-5-8-16/h10-11,13-16,19,22H,3-9,12H2,1-2H3/t14-,15+,19-/m1/s1. The average Bonchev–Trinajstić information content (AvgIpc) is 2.90. The molecule has 1 aliphatic heterocycles. The number of nitrogens with zero attached hydrogens (tertiary/aromatic N) is 1.